The monoisotopic (exact) mass is 280 g/mol. The molecule has 1 N–H and O–H groups in total. The minimum absolute atomic E-state index is 0.0667. The molecule has 0 aliphatic carbocycles. The van der Waals surface area contributed by atoms with Crippen LogP contribution in [-0.4, -0.2) is 43.6 Å². The van der Waals surface area contributed by atoms with Crippen LogP contribution in [-0.2, 0) is 4.79 Å². The van der Waals surface area contributed by atoms with Crippen LogP contribution in [0.1, 0.15) is 19.3 Å². The molecule has 0 unspecified atom stereocenters. The summed E-state index contributed by atoms with van der Waals surface area (Å²) >= 11 is 0. The Kier molecular flexibility index (Phi) is 5.35. The zero-order valence-corrected chi connectivity index (χ0v) is 11.8. The third kappa shape index (κ3) is 4.20. The maximum absolute atomic E-state index is 13.0. The van der Waals surface area contributed by atoms with Gasteiger partial charge in [-0.2, -0.15) is 0 Å². The SMILES string of the molecule is CN(CCOc1cccc(F)c1)C(=O)[C@@H]1CCCCN1. The molecule has 5 heteroatoms. The lowest BCUT2D eigenvalue weighted by Crippen LogP contribution is -2.48. The smallest absolute Gasteiger partial charge is 0.239 e. The van der Waals surface area contributed by atoms with E-state index in [9.17, 15) is 9.18 Å². The molecule has 1 amide bonds. The first kappa shape index (κ1) is 14.8. The van der Waals surface area contributed by atoms with Crippen LogP contribution in [0.5, 0.6) is 5.75 Å². The van der Waals surface area contributed by atoms with Gasteiger partial charge in [-0.1, -0.05) is 12.5 Å². The molecule has 1 aliphatic heterocycles. The average molecular weight is 280 g/mol. The van der Waals surface area contributed by atoms with E-state index in [1.807, 2.05) is 0 Å². The number of nitrogens with one attached hydrogen (secondary N) is 1. The van der Waals surface area contributed by atoms with E-state index in [-0.39, 0.29) is 17.8 Å². The van der Waals surface area contributed by atoms with Crippen molar-refractivity contribution >= 4 is 5.91 Å². The molecule has 2 rings (SSSR count). The van der Waals surface area contributed by atoms with Gasteiger partial charge in [0.1, 0.15) is 18.2 Å². The van der Waals surface area contributed by atoms with Crippen LogP contribution in [0.15, 0.2) is 24.3 Å². The Balaban J connectivity index is 1.74. The molecule has 1 aromatic rings. The van der Waals surface area contributed by atoms with Gasteiger partial charge in [0, 0.05) is 13.1 Å². The first-order valence-corrected chi connectivity index (χ1v) is 7.03. The van der Waals surface area contributed by atoms with Crippen LogP contribution >= 0.6 is 0 Å². The van der Waals surface area contributed by atoms with Gasteiger partial charge in [-0.25, -0.2) is 4.39 Å². The standard InChI is InChI=1S/C15H21FN2O2/c1-18(15(19)14-7-2-3-8-17-14)9-10-20-13-6-4-5-12(16)11-13/h4-6,11,14,17H,2-3,7-10H2,1H3/t14-/m0/s1. The van der Waals surface area contributed by atoms with Crippen molar-refractivity contribution in [2.45, 2.75) is 25.3 Å². The molecule has 20 heavy (non-hydrogen) atoms. The summed E-state index contributed by atoms with van der Waals surface area (Å²) in [6.45, 7) is 1.76. The molecule has 1 saturated heterocycles. The lowest BCUT2D eigenvalue weighted by Gasteiger charge is -2.27. The van der Waals surface area contributed by atoms with Gasteiger partial charge < -0.3 is 15.0 Å². The molecule has 0 radical (unpaired) electrons. The fourth-order valence-corrected chi connectivity index (χ4v) is 2.30. The van der Waals surface area contributed by atoms with Gasteiger partial charge in [0.05, 0.1) is 12.6 Å². The number of carbonyl (C=O) groups excluding carboxylic acids is 1. The fraction of sp³-hybridized carbons (Fsp3) is 0.533. The van der Waals surface area contributed by atoms with Crippen LogP contribution in [0.4, 0.5) is 4.39 Å². The topological polar surface area (TPSA) is 41.6 Å². The van der Waals surface area contributed by atoms with Crippen LogP contribution in [0.3, 0.4) is 0 Å². The van der Waals surface area contributed by atoms with Gasteiger partial charge in [-0.3, -0.25) is 4.79 Å². The number of amides is 1. The highest BCUT2D eigenvalue weighted by molar-refractivity contribution is 5.81. The van der Waals surface area contributed by atoms with Gasteiger partial charge in [-0.05, 0) is 31.5 Å². The van der Waals surface area contributed by atoms with Crippen LogP contribution in [0, 0.1) is 5.82 Å². The molecule has 0 spiro atoms. The molecule has 4 nitrogen and oxygen atoms in total. The molecule has 1 atom stereocenters. The predicted molar refractivity (Wildman–Crippen MR) is 75.2 cm³/mol. The van der Waals surface area contributed by atoms with E-state index in [1.165, 1.54) is 12.1 Å². The summed E-state index contributed by atoms with van der Waals surface area (Å²) in [5.74, 6) is 0.271. The number of piperidine rings is 1. The molecule has 110 valence electrons. The molecular formula is C15H21FN2O2. The Bertz CT molecular complexity index is 447. The Hall–Kier alpha value is -1.62. The lowest BCUT2D eigenvalue weighted by molar-refractivity contribution is -0.133. The minimum Gasteiger partial charge on any atom is -0.492 e. The average Bonchev–Trinajstić information content (AvgIpc) is 2.47. The van der Waals surface area contributed by atoms with Crippen molar-refractivity contribution < 1.29 is 13.9 Å². The van der Waals surface area contributed by atoms with Crippen LogP contribution in [0.25, 0.3) is 0 Å². The van der Waals surface area contributed by atoms with Crippen molar-refractivity contribution in [2.75, 3.05) is 26.7 Å². The van der Waals surface area contributed by atoms with E-state index in [0.717, 1.165) is 25.8 Å². The zero-order chi connectivity index (χ0) is 14.4. The number of ether oxygens (including phenoxy) is 1. The second-order valence-electron chi connectivity index (χ2n) is 5.07. The molecule has 0 aromatic heterocycles. The van der Waals surface area contributed by atoms with E-state index >= 15 is 0 Å². The lowest BCUT2D eigenvalue weighted by atomic mass is 10.0. The third-order valence-corrected chi connectivity index (χ3v) is 3.48. The van der Waals surface area contributed by atoms with Gasteiger partial charge in [-0.15, -0.1) is 0 Å². The van der Waals surface area contributed by atoms with Crippen molar-refractivity contribution in [1.82, 2.24) is 10.2 Å². The maximum atomic E-state index is 13.0. The molecule has 1 fully saturated rings. The number of hydrogen-bond acceptors (Lipinski definition) is 3. The molecule has 1 aromatic carbocycles. The summed E-state index contributed by atoms with van der Waals surface area (Å²) in [7, 11) is 1.77. The second-order valence-corrected chi connectivity index (χ2v) is 5.07. The van der Waals surface area contributed by atoms with E-state index in [2.05, 4.69) is 5.32 Å². The number of carbonyl (C=O) groups is 1. The summed E-state index contributed by atoms with van der Waals surface area (Å²) in [5.41, 5.74) is 0. The zero-order valence-electron chi connectivity index (χ0n) is 11.8. The maximum Gasteiger partial charge on any atom is 0.239 e. The quantitative estimate of drug-likeness (QED) is 0.894. The summed E-state index contributed by atoms with van der Waals surface area (Å²) in [6.07, 6.45) is 3.13. The van der Waals surface area contributed by atoms with E-state index in [4.69, 9.17) is 4.74 Å². The Morgan fingerprint density at radius 3 is 3.05 bits per heavy atom. The normalized spacial score (nSPS) is 18.6. The highest BCUT2D eigenvalue weighted by atomic mass is 19.1. The predicted octanol–water partition coefficient (Wildman–Crippen LogP) is 1.80. The first-order valence-electron chi connectivity index (χ1n) is 7.03. The summed E-state index contributed by atoms with van der Waals surface area (Å²) < 4.78 is 18.4. The fourth-order valence-electron chi connectivity index (χ4n) is 2.30. The summed E-state index contributed by atoms with van der Waals surface area (Å²) in [5, 5.41) is 3.23. The molecule has 0 saturated carbocycles. The van der Waals surface area contributed by atoms with Crippen LogP contribution < -0.4 is 10.1 Å². The highest BCUT2D eigenvalue weighted by Crippen LogP contribution is 2.12. The molecule has 0 bridgehead atoms. The van der Waals surface area contributed by atoms with Crippen LogP contribution in [0.2, 0.25) is 0 Å². The number of rotatable bonds is 5. The van der Waals surface area contributed by atoms with E-state index < -0.39 is 0 Å². The Labute approximate surface area is 118 Å². The minimum atomic E-state index is -0.321. The number of benzene rings is 1. The number of nitrogens with zero attached hydrogens (tertiary/aromatic N) is 1. The van der Waals surface area contributed by atoms with Crippen molar-refractivity contribution in [3.63, 3.8) is 0 Å². The number of halogens is 1. The van der Waals surface area contributed by atoms with Crippen molar-refractivity contribution in [3.05, 3.63) is 30.1 Å². The molecule has 1 heterocycles. The van der Waals surface area contributed by atoms with Gasteiger partial charge in [0.25, 0.3) is 0 Å². The van der Waals surface area contributed by atoms with Gasteiger partial charge in [0.2, 0.25) is 5.91 Å². The summed E-state index contributed by atoms with van der Waals surface area (Å²) in [4.78, 5) is 13.8. The number of hydrogen-bond donors (Lipinski definition) is 1. The molecule has 1 aliphatic rings. The first-order chi connectivity index (χ1) is 9.66. The highest BCUT2D eigenvalue weighted by Gasteiger charge is 2.23. The Morgan fingerprint density at radius 2 is 2.35 bits per heavy atom. The van der Waals surface area contributed by atoms with Gasteiger partial charge >= 0.3 is 0 Å². The Morgan fingerprint density at radius 1 is 1.50 bits per heavy atom. The summed E-state index contributed by atoms with van der Waals surface area (Å²) in [6, 6.07) is 5.95. The second kappa shape index (κ2) is 7.24. The van der Waals surface area contributed by atoms with Crippen molar-refractivity contribution in [1.29, 1.82) is 0 Å². The number of likely N-dealkylation sites (N-methyl/N-ethyl adjacent to an activating group) is 1. The van der Waals surface area contributed by atoms with Gasteiger partial charge in [0.15, 0.2) is 0 Å². The van der Waals surface area contributed by atoms with Crippen molar-refractivity contribution in [2.24, 2.45) is 0 Å². The molecular weight excluding hydrogens is 259 g/mol. The van der Waals surface area contributed by atoms with Crippen molar-refractivity contribution in [3.8, 4) is 5.75 Å². The van der Waals surface area contributed by atoms with E-state index in [1.54, 1.807) is 24.1 Å². The largest absolute Gasteiger partial charge is 0.492 e. The van der Waals surface area contributed by atoms with E-state index in [0.29, 0.717) is 18.9 Å². The third-order valence-electron chi connectivity index (χ3n) is 3.48.